The molecule has 2 rings (SSSR count). The molecule has 0 saturated carbocycles. The molecule has 0 radical (unpaired) electrons. The molecule has 0 aliphatic heterocycles. The minimum Gasteiger partial charge on any atom is -0.493 e. The van der Waals surface area contributed by atoms with Crippen LogP contribution in [0.1, 0.15) is 31.0 Å². The van der Waals surface area contributed by atoms with Gasteiger partial charge in [0.25, 0.3) is 5.56 Å². The number of para-hydroxylation sites is 1. The molecule has 2 aromatic rings. The molecule has 0 aliphatic rings. The van der Waals surface area contributed by atoms with Gasteiger partial charge in [-0.1, -0.05) is 25.5 Å². The van der Waals surface area contributed by atoms with Crippen molar-refractivity contribution in [2.45, 2.75) is 26.7 Å². The Hall–Kier alpha value is -2.70. The minimum absolute atomic E-state index is 0.191. The van der Waals surface area contributed by atoms with Crippen molar-refractivity contribution in [2.75, 3.05) is 12.0 Å². The SMILES string of the molecule is CCCCOc1ccccc1/C=N\Nc1nnc(C)c(=O)[nH]1. The summed E-state index contributed by atoms with van der Waals surface area (Å²) in [5, 5.41) is 11.6. The summed E-state index contributed by atoms with van der Waals surface area (Å²) in [6.07, 6.45) is 3.70. The molecule has 0 amide bonds. The number of hydrogen-bond donors (Lipinski definition) is 2. The molecular weight excluding hydrogens is 282 g/mol. The van der Waals surface area contributed by atoms with Crippen LogP contribution in [0.4, 0.5) is 5.95 Å². The summed E-state index contributed by atoms with van der Waals surface area (Å²) in [5.41, 5.74) is 3.50. The number of hydrogen-bond acceptors (Lipinski definition) is 6. The fourth-order valence-corrected chi connectivity index (χ4v) is 1.65. The van der Waals surface area contributed by atoms with Crippen molar-refractivity contribution in [2.24, 2.45) is 5.10 Å². The topological polar surface area (TPSA) is 92.3 Å². The van der Waals surface area contributed by atoms with Crippen LogP contribution in [0.2, 0.25) is 0 Å². The summed E-state index contributed by atoms with van der Waals surface area (Å²) in [7, 11) is 0. The fraction of sp³-hybridized carbons (Fsp3) is 0.333. The van der Waals surface area contributed by atoms with E-state index in [1.165, 1.54) is 0 Å². The number of nitrogens with zero attached hydrogens (tertiary/aromatic N) is 3. The molecule has 0 fully saturated rings. The second-order valence-corrected chi connectivity index (χ2v) is 4.70. The lowest BCUT2D eigenvalue weighted by atomic mass is 10.2. The third-order valence-corrected chi connectivity index (χ3v) is 2.91. The molecule has 116 valence electrons. The Balaban J connectivity index is 2.03. The van der Waals surface area contributed by atoms with Crippen molar-refractivity contribution in [3.63, 3.8) is 0 Å². The van der Waals surface area contributed by atoms with Crippen LogP contribution >= 0.6 is 0 Å². The Labute approximate surface area is 128 Å². The normalized spacial score (nSPS) is 10.8. The van der Waals surface area contributed by atoms with E-state index < -0.39 is 0 Å². The standard InChI is InChI=1S/C15H19N5O2/c1-3-4-9-22-13-8-6-5-7-12(13)10-16-19-15-17-14(21)11(2)18-20-15/h5-8,10H,3-4,9H2,1-2H3,(H2,17,19,20,21)/b16-10-. The van der Waals surface area contributed by atoms with Gasteiger partial charge < -0.3 is 4.74 Å². The predicted molar refractivity (Wildman–Crippen MR) is 85.5 cm³/mol. The highest BCUT2D eigenvalue weighted by molar-refractivity contribution is 5.83. The zero-order valence-corrected chi connectivity index (χ0v) is 12.7. The summed E-state index contributed by atoms with van der Waals surface area (Å²) < 4.78 is 5.71. The maximum Gasteiger partial charge on any atom is 0.274 e. The number of aromatic nitrogens is 3. The van der Waals surface area contributed by atoms with Gasteiger partial charge in [-0.2, -0.15) is 5.10 Å². The molecule has 0 unspecified atom stereocenters. The van der Waals surface area contributed by atoms with Crippen molar-refractivity contribution in [1.82, 2.24) is 15.2 Å². The average molecular weight is 301 g/mol. The summed E-state index contributed by atoms with van der Waals surface area (Å²) in [6, 6.07) is 7.61. The number of aromatic amines is 1. The zero-order valence-electron chi connectivity index (χ0n) is 12.7. The van der Waals surface area contributed by atoms with Gasteiger partial charge in [0, 0.05) is 5.56 Å². The van der Waals surface area contributed by atoms with Crippen LogP contribution in [0.25, 0.3) is 0 Å². The van der Waals surface area contributed by atoms with E-state index in [9.17, 15) is 4.79 Å². The molecule has 0 saturated heterocycles. The average Bonchev–Trinajstić information content (AvgIpc) is 2.52. The van der Waals surface area contributed by atoms with Gasteiger partial charge in [0.2, 0.25) is 5.95 Å². The maximum atomic E-state index is 11.4. The van der Waals surface area contributed by atoms with E-state index in [2.05, 4.69) is 32.6 Å². The first-order valence-electron chi connectivity index (χ1n) is 7.15. The summed E-state index contributed by atoms with van der Waals surface area (Å²) in [5.74, 6) is 0.959. The van der Waals surface area contributed by atoms with Gasteiger partial charge in [-0.3, -0.25) is 9.78 Å². The van der Waals surface area contributed by atoms with Crippen LogP contribution in [0.3, 0.4) is 0 Å². The third-order valence-electron chi connectivity index (χ3n) is 2.91. The molecule has 0 bridgehead atoms. The van der Waals surface area contributed by atoms with Crippen LogP contribution in [-0.2, 0) is 0 Å². The largest absolute Gasteiger partial charge is 0.493 e. The number of hydrazone groups is 1. The molecule has 0 atom stereocenters. The Morgan fingerprint density at radius 2 is 2.18 bits per heavy atom. The van der Waals surface area contributed by atoms with Crippen LogP contribution < -0.4 is 15.7 Å². The smallest absolute Gasteiger partial charge is 0.274 e. The lowest BCUT2D eigenvalue weighted by Crippen LogP contribution is -2.15. The van der Waals surface area contributed by atoms with Gasteiger partial charge in [0.15, 0.2) is 0 Å². The quantitative estimate of drug-likeness (QED) is 0.464. The molecule has 0 spiro atoms. The molecule has 1 aromatic carbocycles. The van der Waals surface area contributed by atoms with E-state index in [4.69, 9.17) is 4.74 Å². The van der Waals surface area contributed by atoms with E-state index in [1.54, 1.807) is 13.1 Å². The third kappa shape index (κ3) is 4.41. The Bertz CT molecular complexity index is 696. The number of H-pyrrole nitrogens is 1. The molecular formula is C15H19N5O2. The van der Waals surface area contributed by atoms with Crippen molar-refractivity contribution < 1.29 is 4.74 Å². The molecule has 1 heterocycles. The Morgan fingerprint density at radius 3 is 2.95 bits per heavy atom. The van der Waals surface area contributed by atoms with Gasteiger partial charge >= 0.3 is 0 Å². The number of rotatable bonds is 7. The first-order valence-corrected chi connectivity index (χ1v) is 7.15. The number of ether oxygens (including phenoxy) is 1. The summed E-state index contributed by atoms with van der Waals surface area (Å²) in [6.45, 7) is 4.37. The molecule has 1 aromatic heterocycles. The van der Waals surface area contributed by atoms with Gasteiger partial charge in [-0.15, -0.1) is 10.2 Å². The van der Waals surface area contributed by atoms with E-state index in [-0.39, 0.29) is 11.5 Å². The molecule has 7 heteroatoms. The molecule has 22 heavy (non-hydrogen) atoms. The summed E-state index contributed by atoms with van der Waals surface area (Å²) >= 11 is 0. The number of aryl methyl sites for hydroxylation is 1. The van der Waals surface area contributed by atoms with Crippen LogP contribution in [-0.4, -0.2) is 28.0 Å². The first kappa shape index (κ1) is 15.7. The number of anilines is 1. The predicted octanol–water partition coefficient (Wildman–Crippen LogP) is 2.10. The van der Waals surface area contributed by atoms with Gasteiger partial charge in [-0.25, -0.2) is 5.43 Å². The monoisotopic (exact) mass is 301 g/mol. The lowest BCUT2D eigenvalue weighted by molar-refractivity contribution is 0.309. The van der Waals surface area contributed by atoms with Crippen molar-refractivity contribution in [3.05, 3.63) is 45.9 Å². The minimum atomic E-state index is -0.295. The van der Waals surface area contributed by atoms with Gasteiger partial charge in [0.1, 0.15) is 11.4 Å². The van der Waals surface area contributed by atoms with Gasteiger partial charge in [-0.05, 0) is 25.5 Å². The fourth-order valence-electron chi connectivity index (χ4n) is 1.65. The number of nitrogens with one attached hydrogen (secondary N) is 2. The highest BCUT2D eigenvalue weighted by atomic mass is 16.5. The first-order chi connectivity index (χ1) is 10.7. The maximum absolute atomic E-state index is 11.4. The van der Waals surface area contributed by atoms with Crippen LogP contribution in [0, 0.1) is 6.92 Å². The summed E-state index contributed by atoms with van der Waals surface area (Å²) in [4.78, 5) is 13.9. The highest BCUT2D eigenvalue weighted by Gasteiger charge is 2.01. The Kier molecular flexibility index (Phi) is 5.65. The van der Waals surface area contributed by atoms with Crippen LogP contribution in [0.5, 0.6) is 5.75 Å². The zero-order chi connectivity index (χ0) is 15.8. The van der Waals surface area contributed by atoms with Crippen molar-refractivity contribution >= 4 is 12.2 Å². The second kappa shape index (κ2) is 7.92. The van der Waals surface area contributed by atoms with E-state index in [0.29, 0.717) is 12.3 Å². The lowest BCUT2D eigenvalue weighted by Gasteiger charge is -2.07. The molecule has 2 N–H and O–H groups in total. The number of benzene rings is 1. The van der Waals surface area contributed by atoms with E-state index in [1.807, 2.05) is 24.3 Å². The Morgan fingerprint density at radius 1 is 1.36 bits per heavy atom. The van der Waals surface area contributed by atoms with Crippen molar-refractivity contribution in [3.8, 4) is 5.75 Å². The number of unbranched alkanes of at least 4 members (excludes halogenated alkanes) is 1. The second-order valence-electron chi connectivity index (χ2n) is 4.70. The van der Waals surface area contributed by atoms with E-state index >= 15 is 0 Å². The highest BCUT2D eigenvalue weighted by Crippen LogP contribution is 2.16. The van der Waals surface area contributed by atoms with Crippen molar-refractivity contribution in [1.29, 1.82) is 0 Å². The van der Waals surface area contributed by atoms with E-state index in [0.717, 1.165) is 24.2 Å². The molecule has 7 nitrogen and oxygen atoms in total. The molecule has 0 aliphatic carbocycles. The van der Waals surface area contributed by atoms with Crippen LogP contribution in [0.15, 0.2) is 34.2 Å². The van der Waals surface area contributed by atoms with Gasteiger partial charge in [0.05, 0.1) is 12.8 Å².